The van der Waals surface area contributed by atoms with Crippen molar-refractivity contribution in [1.82, 2.24) is 0 Å². The number of thiophene rings is 1. The van der Waals surface area contributed by atoms with E-state index in [0.717, 1.165) is 12.1 Å². The van der Waals surface area contributed by atoms with Gasteiger partial charge in [0, 0.05) is 12.5 Å². The molecule has 0 bridgehead atoms. The SMILES string of the molecule is COCOc1c(C=O)csc1-c1ccc(C(F)(F)F)cc1. The Morgan fingerprint density at radius 3 is 2.43 bits per heavy atom. The van der Waals surface area contributed by atoms with Crippen LogP contribution in [0.3, 0.4) is 0 Å². The van der Waals surface area contributed by atoms with Gasteiger partial charge >= 0.3 is 6.18 Å². The summed E-state index contributed by atoms with van der Waals surface area (Å²) in [6, 6.07) is 4.69. The summed E-state index contributed by atoms with van der Waals surface area (Å²) < 4.78 is 47.7. The van der Waals surface area contributed by atoms with Crippen LogP contribution in [0.25, 0.3) is 10.4 Å². The molecule has 0 radical (unpaired) electrons. The van der Waals surface area contributed by atoms with Crippen LogP contribution in [0.5, 0.6) is 5.75 Å². The van der Waals surface area contributed by atoms with Crippen LogP contribution in [0.1, 0.15) is 15.9 Å². The minimum atomic E-state index is -4.38. The molecule has 0 aliphatic carbocycles. The van der Waals surface area contributed by atoms with E-state index in [0.29, 0.717) is 28.0 Å². The largest absolute Gasteiger partial charge is 0.465 e. The molecular formula is C14H11F3O3S. The Hall–Kier alpha value is -1.86. The van der Waals surface area contributed by atoms with Gasteiger partial charge in [-0.15, -0.1) is 11.3 Å². The average molecular weight is 316 g/mol. The van der Waals surface area contributed by atoms with Crippen molar-refractivity contribution in [2.75, 3.05) is 13.9 Å². The fourth-order valence-electron chi connectivity index (χ4n) is 1.72. The number of halogens is 3. The number of hydrogen-bond donors (Lipinski definition) is 0. The molecule has 0 saturated heterocycles. The maximum atomic E-state index is 12.5. The summed E-state index contributed by atoms with van der Waals surface area (Å²) in [5.41, 5.74) is 0.164. The number of alkyl halides is 3. The lowest BCUT2D eigenvalue weighted by atomic mass is 10.1. The predicted molar refractivity (Wildman–Crippen MR) is 72.6 cm³/mol. The third-order valence-electron chi connectivity index (χ3n) is 2.69. The van der Waals surface area contributed by atoms with Crippen molar-refractivity contribution < 1.29 is 27.4 Å². The lowest BCUT2D eigenvalue weighted by Gasteiger charge is -2.09. The summed E-state index contributed by atoms with van der Waals surface area (Å²) in [5, 5.41) is 1.59. The Bertz CT molecular complexity index is 617. The Kier molecular flexibility index (Phi) is 4.64. The van der Waals surface area contributed by atoms with Gasteiger partial charge in [-0.2, -0.15) is 13.2 Å². The standard InChI is InChI=1S/C14H11F3O3S/c1-19-8-20-12-10(6-18)7-21-13(12)9-2-4-11(5-3-9)14(15,16)17/h2-7H,8H2,1H3. The number of aldehydes is 1. The van der Waals surface area contributed by atoms with E-state index in [2.05, 4.69) is 0 Å². The average Bonchev–Trinajstić information content (AvgIpc) is 2.87. The second-order valence-electron chi connectivity index (χ2n) is 4.09. The van der Waals surface area contributed by atoms with Crippen LogP contribution in [0.15, 0.2) is 29.6 Å². The molecule has 2 aromatic rings. The van der Waals surface area contributed by atoms with E-state index in [1.807, 2.05) is 0 Å². The number of benzene rings is 1. The first-order valence-electron chi connectivity index (χ1n) is 5.83. The molecular weight excluding hydrogens is 305 g/mol. The Labute approximate surface area is 122 Å². The van der Waals surface area contributed by atoms with Crippen molar-refractivity contribution >= 4 is 17.6 Å². The predicted octanol–water partition coefficient (Wildman–Crippen LogP) is 4.23. The van der Waals surface area contributed by atoms with Gasteiger partial charge < -0.3 is 9.47 Å². The first kappa shape index (κ1) is 15.5. The second-order valence-corrected chi connectivity index (χ2v) is 4.97. The summed E-state index contributed by atoms with van der Waals surface area (Å²) in [5.74, 6) is 0.316. The van der Waals surface area contributed by atoms with E-state index in [1.54, 1.807) is 5.38 Å². The summed E-state index contributed by atoms with van der Waals surface area (Å²) in [7, 11) is 1.44. The molecule has 1 aromatic heterocycles. The van der Waals surface area contributed by atoms with Gasteiger partial charge in [0.25, 0.3) is 0 Å². The quantitative estimate of drug-likeness (QED) is 0.612. The topological polar surface area (TPSA) is 35.5 Å². The lowest BCUT2D eigenvalue weighted by molar-refractivity contribution is -0.137. The molecule has 2 rings (SSSR count). The summed E-state index contributed by atoms with van der Waals surface area (Å²) in [6.07, 6.45) is -3.74. The van der Waals surface area contributed by atoms with Gasteiger partial charge in [-0.1, -0.05) is 12.1 Å². The first-order valence-corrected chi connectivity index (χ1v) is 6.71. The van der Waals surface area contributed by atoms with Crippen LogP contribution in [0.2, 0.25) is 0 Å². The van der Waals surface area contributed by atoms with E-state index in [-0.39, 0.29) is 6.79 Å². The van der Waals surface area contributed by atoms with Crippen molar-refractivity contribution in [3.63, 3.8) is 0 Å². The number of hydrogen-bond acceptors (Lipinski definition) is 4. The van der Waals surface area contributed by atoms with Crippen LogP contribution in [-0.2, 0) is 10.9 Å². The number of methoxy groups -OCH3 is 1. The van der Waals surface area contributed by atoms with Gasteiger partial charge in [-0.3, -0.25) is 4.79 Å². The summed E-state index contributed by atoms with van der Waals surface area (Å²) in [6.45, 7) is -0.0504. The van der Waals surface area contributed by atoms with Gasteiger partial charge in [0.2, 0.25) is 0 Å². The van der Waals surface area contributed by atoms with Crippen molar-refractivity contribution in [3.05, 3.63) is 40.8 Å². The van der Waals surface area contributed by atoms with Crippen LogP contribution < -0.4 is 4.74 Å². The lowest BCUT2D eigenvalue weighted by Crippen LogP contribution is -2.04. The zero-order valence-corrected chi connectivity index (χ0v) is 11.8. The minimum Gasteiger partial charge on any atom is -0.465 e. The third-order valence-corrected chi connectivity index (χ3v) is 3.72. The number of carbonyl (C=O) groups excluding carboxylic acids is 1. The van der Waals surface area contributed by atoms with Crippen molar-refractivity contribution in [3.8, 4) is 16.2 Å². The van der Waals surface area contributed by atoms with E-state index < -0.39 is 11.7 Å². The van der Waals surface area contributed by atoms with E-state index in [1.165, 1.54) is 30.6 Å². The molecule has 0 spiro atoms. The van der Waals surface area contributed by atoms with Crippen LogP contribution >= 0.6 is 11.3 Å². The molecule has 1 heterocycles. The van der Waals surface area contributed by atoms with Gasteiger partial charge in [-0.05, 0) is 17.7 Å². The molecule has 0 N–H and O–H groups in total. The first-order chi connectivity index (χ1) is 9.97. The van der Waals surface area contributed by atoms with Gasteiger partial charge in [0.05, 0.1) is 16.0 Å². The number of carbonyl (C=O) groups is 1. The van der Waals surface area contributed by atoms with Crippen LogP contribution in [0.4, 0.5) is 13.2 Å². The zero-order chi connectivity index (χ0) is 15.5. The Balaban J connectivity index is 2.37. The molecule has 21 heavy (non-hydrogen) atoms. The monoisotopic (exact) mass is 316 g/mol. The maximum absolute atomic E-state index is 12.5. The van der Waals surface area contributed by atoms with Crippen molar-refractivity contribution in [2.24, 2.45) is 0 Å². The molecule has 0 atom stereocenters. The van der Waals surface area contributed by atoms with Gasteiger partial charge in [-0.25, -0.2) is 0 Å². The third kappa shape index (κ3) is 3.43. The fraction of sp³-hybridized carbons (Fsp3) is 0.214. The molecule has 0 amide bonds. The van der Waals surface area contributed by atoms with Crippen molar-refractivity contribution in [1.29, 1.82) is 0 Å². The summed E-state index contributed by atoms with van der Waals surface area (Å²) >= 11 is 1.22. The molecule has 0 aliphatic rings. The number of rotatable bonds is 5. The van der Waals surface area contributed by atoms with Gasteiger partial charge in [0.1, 0.15) is 0 Å². The highest BCUT2D eigenvalue weighted by molar-refractivity contribution is 7.14. The molecule has 0 fully saturated rings. The number of ether oxygens (including phenoxy) is 2. The molecule has 112 valence electrons. The highest BCUT2D eigenvalue weighted by Gasteiger charge is 2.30. The fourth-order valence-corrected chi connectivity index (χ4v) is 2.68. The normalized spacial score (nSPS) is 11.4. The van der Waals surface area contributed by atoms with Crippen molar-refractivity contribution in [2.45, 2.75) is 6.18 Å². The van der Waals surface area contributed by atoms with Crippen LogP contribution in [0, 0.1) is 0 Å². The maximum Gasteiger partial charge on any atom is 0.416 e. The Morgan fingerprint density at radius 1 is 1.24 bits per heavy atom. The smallest absolute Gasteiger partial charge is 0.416 e. The molecule has 0 unspecified atom stereocenters. The second kappa shape index (κ2) is 6.28. The minimum absolute atomic E-state index is 0.0504. The Morgan fingerprint density at radius 2 is 1.90 bits per heavy atom. The van der Waals surface area contributed by atoms with Gasteiger partial charge in [0.15, 0.2) is 18.8 Å². The molecule has 0 saturated carbocycles. The molecule has 7 heteroatoms. The highest BCUT2D eigenvalue weighted by Crippen LogP contribution is 2.39. The molecule has 0 aliphatic heterocycles. The molecule has 1 aromatic carbocycles. The summed E-state index contributed by atoms with van der Waals surface area (Å²) in [4.78, 5) is 11.5. The zero-order valence-electron chi connectivity index (χ0n) is 10.9. The van der Waals surface area contributed by atoms with E-state index in [9.17, 15) is 18.0 Å². The van der Waals surface area contributed by atoms with E-state index >= 15 is 0 Å². The van der Waals surface area contributed by atoms with E-state index in [4.69, 9.17) is 9.47 Å². The molecule has 3 nitrogen and oxygen atoms in total. The van der Waals surface area contributed by atoms with Crippen LogP contribution in [-0.4, -0.2) is 20.2 Å². The highest BCUT2D eigenvalue weighted by atomic mass is 32.1.